The minimum atomic E-state index is 0.778. The number of ether oxygens (including phenoxy) is 1. The Morgan fingerprint density at radius 1 is 1.44 bits per heavy atom. The number of morpholine rings is 1. The average Bonchev–Trinajstić information content (AvgIpc) is 1.90. The Morgan fingerprint density at radius 2 is 2.00 bits per heavy atom. The van der Waals surface area contributed by atoms with Gasteiger partial charge in [0.2, 0.25) is 0 Å². The highest BCUT2D eigenvalue weighted by atomic mass is 32.1. The molecular weight excluding hydrogens is 134 g/mol. The van der Waals surface area contributed by atoms with Gasteiger partial charge in [0, 0.05) is 0 Å². The van der Waals surface area contributed by atoms with E-state index in [1.807, 2.05) is 0 Å². The number of hydrogen-bond acceptors (Lipinski definition) is 2. The maximum absolute atomic E-state index is 5.31. The van der Waals surface area contributed by atoms with Crippen LogP contribution in [0, 0.1) is 0 Å². The van der Waals surface area contributed by atoms with Crippen molar-refractivity contribution in [2.24, 2.45) is 0 Å². The second-order valence-corrected chi connectivity index (χ2v) is 3.21. The predicted molar refractivity (Wildman–Crippen MR) is 38.7 cm³/mol. The SMILES string of the molecule is CC[N+]1([S-])CCOCC1. The maximum atomic E-state index is 5.31. The fourth-order valence-corrected chi connectivity index (χ4v) is 1.14. The highest BCUT2D eigenvalue weighted by molar-refractivity contribution is 7.52. The first-order valence-electron chi connectivity index (χ1n) is 3.42. The zero-order valence-electron chi connectivity index (χ0n) is 5.80. The fraction of sp³-hybridized carbons (Fsp3) is 1.00. The van der Waals surface area contributed by atoms with Crippen LogP contribution >= 0.6 is 0 Å². The van der Waals surface area contributed by atoms with Gasteiger partial charge in [0.15, 0.2) is 0 Å². The van der Waals surface area contributed by atoms with E-state index >= 15 is 0 Å². The maximum Gasteiger partial charge on any atom is 0.0947 e. The lowest BCUT2D eigenvalue weighted by atomic mass is 10.4. The number of quaternary nitrogens is 1. The summed E-state index contributed by atoms with van der Waals surface area (Å²) in [6.07, 6.45) is 0. The molecule has 0 atom stereocenters. The van der Waals surface area contributed by atoms with Crippen molar-refractivity contribution in [3.63, 3.8) is 0 Å². The summed E-state index contributed by atoms with van der Waals surface area (Å²) < 4.78 is 5.96. The van der Waals surface area contributed by atoms with Gasteiger partial charge in [-0.2, -0.15) is 0 Å². The third-order valence-electron chi connectivity index (χ3n) is 1.86. The van der Waals surface area contributed by atoms with Gasteiger partial charge in [0.05, 0.1) is 32.8 Å². The Bertz CT molecular complexity index is 91.1. The molecule has 0 bridgehead atoms. The quantitative estimate of drug-likeness (QED) is 0.390. The van der Waals surface area contributed by atoms with Crippen LogP contribution in [0.15, 0.2) is 0 Å². The number of likely N-dealkylation sites (N-methyl/N-ethyl adjacent to an activating group) is 1. The van der Waals surface area contributed by atoms with E-state index < -0.39 is 0 Å². The molecule has 0 N–H and O–H groups in total. The van der Waals surface area contributed by atoms with E-state index in [0.29, 0.717) is 0 Å². The third-order valence-corrected chi connectivity index (χ3v) is 2.49. The molecule has 1 aliphatic heterocycles. The monoisotopic (exact) mass is 147 g/mol. The topological polar surface area (TPSA) is 9.23 Å². The minimum Gasteiger partial charge on any atom is -0.494 e. The van der Waals surface area contributed by atoms with E-state index in [0.717, 1.165) is 36.7 Å². The van der Waals surface area contributed by atoms with Crippen molar-refractivity contribution in [2.75, 3.05) is 32.8 Å². The van der Waals surface area contributed by atoms with Gasteiger partial charge in [-0.05, 0) is 6.92 Å². The molecule has 1 saturated heterocycles. The van der Waals surface area contributed by atoms with Gasteiger partial charge in [-0.25, -0.2) is 0 Å². The first-order chi connectivity index (χ1) is 4.27. The Morgan fingerprint density at radius 3 is 2.33 bits per heavy atom. The van der Waals surface area contributed by atoms with E-state index in [-0.39, 0.29) is 0 Å². The molecule has 2 nitrogen and oxygen atoms in total. The minimum absolute atomic E-state index is 0.778. The van der Waals surface area contributed by atoms with Crippen LogP contribution in [0.1, 0.15) is 6.92 Å². The molecule has 0 aromatic carbocycles. The summed E-state index contributed by atoms with van der Waals surface area (Å²) >= 11 is 5.31. The van der Waals surface area contributed by atoms with Gasteiger partial charge in [-0.15, -0.1) is 0 Å². The second-order valence-electron chi connectivity index (χ2n) is 2.43. The summed E-state index contributed by atoms with van der Waals surface area (Å²) in [4.78, 5) is 0. The van der Waals surface area contributed by atoms with Gasteiger partial charge in [0.25, 0.3) is 0 Å². The molecule has 1 aliphatic rings. The van der Waals surface area contributed by atoms with Crippen LogP contribution in [0.5, 0.6) is 0 Å². The summed E-state index contributed by atoms with van der Waals surface area (Å²) in [5.41, 5.74) is 0. The molecule has 0 unspecified atom stereocenters. The van der Waals surface area contributed by atoms with Crippen molar-refractivity contribution in [3.05, 3.63) is 0 Å². The van der Waals surface area contributed by atoms with Crippen LogP contribution in [0.4, 0.5) is 0 Å². The number of hydrogen-bond donors (Lipinski definition) is 0. The first kappa shape index (κ1) is 7.38. The van der Waals surface area contributed by atoms with E-state index in [2.05, 4.69) is 6.92 Å². The molecule has 54 valence electrons. The molecule has 1 fully saturated rings. The number of nitrogens with zero attached hydrogens (tertiary/aromatic N) is 1. The third kappa shape index (κ3) is 1.85. The molecular formula is C6H13NOS. The van der Waals surface area contributed by atoms with Crippen LogP contribution < -0.4 is 0 Å². The molecule has 0 aliphatic carbocycles. The first-order valence-corrected chi connectivity index (χ1v) is 3.78. The van der Waals surface area contributed by atoms with Crippen molar-refractivity contribution in [1.29, 1.82) is 0 Å². The summed E-state index contributed by atoms with van der Waals surface area (Å²) in [6.45, 7) is 6.89. The normalized spacial score (nSPS) is 26.0. The highest BCUT2D eigenvalue weighted by Crippen LogP contribution is 2.06. The lowest BCUT2D eigenvalue weighted by Crippen LogP contribution is -2.50. The average molecular weight is 147 g/mol. The van der Waals surface area contributed by atoms with Crippen LogP contribution in [0.25, 0.3) is 0 Å². The molecule has 0 radical (unpaired) electrons. The zero-order chi connectivity index (χ0) is 6.74. The van der Waals surface area contributed by atoms with Crippen LogP contribution in [-0.4, -0.2) is 36.7 Å². The van der Waals surface area contributed by atoms with Gasteiger partial charge in [-0.3, -0.25) is 0 Å². The van der Waals surface area contributed by atoms with Gasteiger partial charge in [-0.1, -0.05) is 0 Å². The Labute approximate surface area is 61.9 Å². The molecule has 0 aromatic heterocycles. The molecule has 0 saturated carbocycles. The Balaban J connectivity index is 2.37. The Kier molecular flexibility index (Phi) is 2.38. The van der Waals surface area contributed by atoms with Crippen molar-refractivity contribution in [3.8, 4) is 0 Å². The molecule has 1 heterocycles. The van der Waals surface area contributed by atoms with Gasteiger partial charge in [0.1, 0.15) is 0 Å². The smallest absolute Gasteiger partial charge is 0.0947 e. The van der Waals surface area contributed by atoms with Crippen LogP contribution in [0.3, 0.4) is 0 Å². The molecule has 0 spiro atoms. The van der Waals surface area contributed by atoms with Crippen molar-refractivity contribution in [1.82, 2.24) is 0 Å². The summed E-state index contributed by atoms with van der Waals surface area (Å²) in [7, 11) is 0. The van der Waals surface area contributed by atoms with Crippen LogP contribution in [-0.2, 0) is 17.6 Å². The van der Waals surface area contributed by atoms with Gasteiger partial charge < -0.3 is 21.4 Å². The summed E-state index contributed by atoms with van der Waals surface area (Å²) in [5, 5.41) is 0. The summed E-state index contributed by atoms with van der Waals surface area (Å²) in [5.74, 6) is 0. The van der Waals surface area contributed by atoms with E-state index in [1.165, 1.54) is 0 Å². The van der Waals surface area contributed by atoms with Crippen molar-refractivity contribution < 1.29 is 8.63 Å². The molecule has 1 rings (SSSR count). The molecule has 0 amide bonds. The van der Waals surface area contributed by atoms with Gasteiger partial charge >= 0.3 is 0 Å². The molecule has 9 heavy (non-hydrogen) atoms. The molecule has 0 aromatic rings. The van der Waals surface area contributed by atoms with Crippen molar-refractivity contribution >= 4 is 12.8 Å². The highest BCUT2D eigenvalue weighted by Gasteiger charge is 2.15. The van der Waals surface area contributed by atoms with Crippen molar-refractivity contribution in [2.45, 2.75) is 6.92 Å². The standard InChI is InChI=1S/C6H13NOS/c1-2-7(9)3-5-8-6-4-7/h2-6H2,1H3. The largest absolute Gasteiger partial charge is 0.494 e. The number of rotatable bonds is 1. The van der Waals surface area contributed by atoms with E-state index in [1.54, 1.807) is 0 Å². The Hall–Kier alpha value is 0.270. The van der Waals surface area contributed by atoms with E-state index in [4.69, 9.17) is 17.6 Å². The fourth-order valence-electron chi connectivity index (χ4n) is 0.992. The summed E-state index contributed by atoms with van der Waals surface area (Å²) in [6, 6.07) is 0. The second kappa shape index (κ2) is 2.90. The lowest BCUT2D eigenvalue weighted by Gasteiger charge is -2.46. The predicted octanol–water partition coefficient (Wildman–Crippen LogP) is 0.315. The zero-order valence-corrected chi connectivity index (χ0v) is 6.62. The lowest BCUT2D eigenvalue weighted by molar-refractivity contribution is -0.802. The van der Waals surface area contributed by atoms with Crippen LogP contribution in [0.2, 0.25) is 0 Å². The molecule has 3 heteroatoms. The van der Waals surface area contributed by atoms with E-state index in [9.17, 15) is 0 Å².